The van der Waals surface area contributed by atoms with Gasteiger partial charge < -0.3 is 15.2 Å². The quantitative estimate of drug-likeness (QED) is 0.890. The van der Waals surface area contributed by atoms with Gasteiger partial charge in [0.05, 0.1) is 6.04 Å². The van der Waals surface area contributed by atoms with Crippen molar-refractivity contribution in [1.29, 1.82) is 0 Å². The Kier molecular flexibility index (Phi) is 5.82. The summed E-state index contributed by atoms with van der Waals surface area (Å²) in [7, 11) is 0. The van der Waals surface area contributed by atoms with Gasteiger partial charge in [0.15, 0.2) is 0 Å². The number of benzene rings is 1. The summed E-state index contributed by atoms with van der Waals surface area (Å²) in [5, 5.41) is 11.9. The van der Waals surface area contributed by atoms with Crippen LogP contribution in [0.1, 0.15) is 38.8 Å². The number of rotatable bonds is 4. The molecule has 0 saturated heterocycles. The molecule has 0 aliphatic heterocycles. The Morgan fingerprint density at radius 1 is 1.42 bits per heavy atom. The molecule has 1 atom stereocenters. The van der Waals surface area contributed by atoms with Crippen molar-refractivity contribution in [2.24, 2.45) is 0 Å². The molecule has 2 N–H and O–H groups in total. The molecule has 0 aromatic heterocycles. The van der Waals surface area contributed by atoms with Gasteiger partial charge in [0, 0.05) is 11.1 Å². The van der Waals surface area contributed by atoms with Crippen molar-refractivity contribution in [3.63, 3.8) is 0 Å². The van der Waals surface area contributed by atoms with E-state index < -0.39 is 11.7 Å². The molecule has 1 rings (SSSR count). The lowest BCUT2D eigenvalue weighted by molar-refractivity contribution is 0.0496. The van der Waals surface area contributed by atoms with E-state index in [1.54, 1.807) is 0 Å². The molecule has 0 aliphatic rings. The van der Waals surface area contributed by atoms with E-state index >= 15 is 0 Å². The molecule has 0 fully saturated rings. The van der Waals surface area contributed by atoms with Gasteiger partial charge in [0.2, 0.25) is 0 Å². The van der Waals surface area contributed by atoms with Crippen LogP contribution < -0.4 is 5.32 Å². The molecule has 0 spiro atoms. The molecule has 1 aromatic carbocycles. The number of carbonyl (C=O) groups is 1. The third-order valence-corrected chi connectivity index (χ3v) is 3.11. The summed E-state index contributed by atoms with van der Waals surface area (Å²) in [5.74, 6) is 0. The van der Waals surface area contributed by atoms with Crippen LogP contribution in [-0.2, 0) is 4.74 Å². The minimum Gasteiger partial charge on any atom is -0.444 e. The van der Waals surface area contributed by atoms with Gasteiger partial charge in [-0.05, 0) is 38.8 Å². The number of amides is 1. The van der Waals surface area contributed by atoms with Gasteiger partial charge in [-0.2, -0.15) is 0 Å². The predicted molar refractivity (Wildman–Crippen MR) is 78.0 cm³/mol. The first kappa shape index (κ1) is 16.0. The standard InChI is InChI=1S/C14H20BrNO3/c1-14(2,3)19-13(18)16-12(8-9-17)10-6-4-5-7-11(10)15/h4-7,12,17H,8-9H2,1-3H3,(H,16,18). The van der Waals surface area contributed by atoms with Gasteiger partial charge in [0.25, 0.3) is 0 Å². The summed E-state index contributed by atoms with van der Waals surface area (Å²) in [6.45, 7) is 5.42. The van der Waals surface area contributed by atoms with Crippen LogP contribution in [-0.4, -0.2) is 23.4 Å². The van der Waals surface area contributed by atoms with Crippen LogP contribution in [0.25, 0.3) is 0 Å². The Hall–Kier alpha value is -1.07. The zero-order chi connectivity index (χ0) is 14.5. The SMILES string of the molecule is CC(C)(C)OC(=O)NC(CCO)c1ccccc1Br. The molecule has 0 radical (unpaired) electrons. The Morgan fingerprint density at radius 2 is 2.05 bits per heavy atom. The first-order chi connectivity index (χ1) is 8.83. The average molecular weight is 330 g/mol. The predicted octanol–water partition coefficient (Wildman–Crippen LogP) is 3.40. The van der Waals surface area contributed by atoms with Crippen LogP contribution in [0.5, 0.6) is 0 Å². The molecule has 0 bridgehead atoms. The van der Waals surface area contributed by atoms with Crippen LogP contribution >= 0.6 is 15.9 Å². The third kappa shape index (κ3) is 5.61. The molecule has 0 heterocycles. The van der Waals surface area contributed by atoms with Crippen molar-refractivity contribution in [3.05, 3.63) is 34.3 Å². The van der Waals surface area contributed by atoms with Crippen LogP contribution in [0, 0.1) is 0 Å². The fraction of sp³-hybridized carbons (Fsp3) is 0.500. The maximum Gasteiger partial charge on any atom is 0.408 e. The van der Waals surface area contributed by atoms with Gasteiger partial charge in [-0.3, -0.25) is 0 Å². The molecule has 1 unspecified atom stereocenters. The van der Waals surface area contributed by atoms with Crippen molar-refractivity contribution in [2.75, 3.05) is 6.61 Å². The lowest BCUT2D eigenvalue weighted by atomic mass is 10.0. The van der Waals surface area contributed by atoms with Crippen LogP contribution in [0.2, 0.25) is 0 Å². The normalized spacial score (nSPS) is 12.9. The second kappa shape index (κ2) is 6.91. The number of carbonyl (C=O) groups excluding carboxylic acids is 1. The first-order valence-electron chi connectivity index (χ1n) is 6.18. The Labute approximate surface area is 122 Å². The Bertz CT molecular complexity index is 429. The van der Waals surface area contributed by atoms with Gasteiger partial charge in [0.1, 0.15) is 5.60 Å². The van der Waals surface area contributed by atoms with Gasteiger partial charge in [-0.1, -0.05) is 34.1 Å². The van der Waals surface area contributed by atoms with E-state index in [9.17, 15) is 4.79 Å². The largest absolute Gasteiger partial charge is 0.444 e. The lowest BCUT2D eigenvalue weighted by Gasteiger charge is -2.24. The smallest absolute Gasteiger partial charge is 0.408 e. The zero-order valence-electron chi connectivity index (χ0n) is 11.4. The van der Waals surface area contributed by atoms with Crippen LogP contribution in [0.4, 0.5) is 4.79 Å². The third-order valence-electron chi connectivity index (χ3n) is 2.39. The van der Waals surface area contributed by atoms with Gasteiger partial charge >= 0.3 is 6.09 Å². The molecule has 5 heteroatoms. The first-order valence-corrected chi connectivity index (χ1v) is 6.97. The minimum atomic E-state index is -0.540. The molecule has 19 heavy (non-hydrogen) atoms. The molecular formula is C14H20BrNO3. The molecule has 106 valence electrons. The summed E-state index contributed by atoms with van der Waals surface area (Å²) < 4.78 is 6.12. The van der Waals surface area contributed by atoms with E-state index in [-0.39, 0.29) is 12.6 Å². The fourth-order valence-corrected chi connectivity index (χ4v) is 2.20. The molecule has 4 nitrogen and oxygen atoms in total. The zero-order valence-corrected chi connectivity index (χ0v) is 13.0. The number of hydrogen-bond acceptors (Lipinski definition) is 3. The molecular weight excluding hydrogens is 310 g/mol. The number of ether oxygens (including phenoxy) is 1. The summed E-state index contributed by atoms with van der Waals surface area (Å²) in [5.41, 5.74) is 0.379. The molecule has 0 saturated carbocycles. The van der Waals surface area contributed by atoms with E-state index in [1.807, 2.05) is 45.0 Å². The summed E-state index contributed by atoms with van der Waals surface area (Å²) >= 11 is 3.44. The van der Waals surface area contributed by atoms with Gasteiger partial charge in [-0.25, -0.2) is 4.79 Å². The number of alkyl carbamates (subject to hydrolysis) is 1. The minimum absolute atomic E-state index is 0.0121. The highest BCUT2D eigenvalue weighted by atomic mass is 79.9. The Morgan fingerprint density at radius 3 is 2.58 bits per heavy atom. The van der Waals surface area contributed by atoms with E-state index in [0.717, 1.165) is 10.0 Å². The Balaban J connectivity index is 2.79. The van der Waals surface area contributed by atoms with Crippen molar-refractivity contribution in [3.8, 4) is 0 Å². The van der Waals surface area contributed by atoms with E-state index in [2.05, 4.69) is 21.2 Å². The number of aliphatic hydroxyl groups excluding tert-OH is 1. The highest BCUT2D eigenvalue weighted by molar-refractivity contribution is 9.10. The maximum absolute atomic E-state index is 11.8. The van der Waals surface area contributed by atoms with Crippen molar-refractivity contribution in [2.45, 2.75) is 38.8 Å². The number of aliphatic hydroxyl groups is 1. The fourth-order valence-electron chi connectivity index (χ4n) is 1.64. The van der Waals surface area contributed by atoms with E-state index in [4.69, 9.17) is 9.84 Å². The second-order valence-electron chi connectivity index (χ2n) is 5.23. The average Bonchev–Trinajstić information content (AvgIpc) is 2.26. The number of hydrogen-bond donors (Lipinski definition) is 2. The maximum atomic E-state index is 11.8. The topological polar surface area (TPSA) is 58.6 Å². The molecule has 1 amide bonds. The highest BCUT2D eigenvalue weighted by Gasteiger charge is 2.21. The van der Waals surface area contributed by atoms with E-state index in [0.29, 0.717) is 6.42 Å². The monoisotopic (exact) mass is 329 g/mol. The molecule has 0 aliphatic carbocycles. The van der Waals surface area contributed by atoms with Crippen LogP contribution in [0.15, 0.2) is 28.7 Å². The number of nitrogens with one attached hydrogen (secondary N) is 1. The van der Waals surface area contributed by atoms with Gasteiger partial charge in [-0.15, -0.1) is 0 Å². The summed E-state index contributed by atoms with van der Waals surface area (Å²) in [6.07, 6.45) is -0.0521. The summed E-state index contributed by atoms with van der Waals surface area (Å²) in [4.78, 5) is 11.8. The van der Waals surface area contributed by atoms with Crippen molar-refractivity contribution < 1.29 is 14.6 Å². The molecule has 1 aromatic rings. The number of halogens is 1. The highest BCUT2D eigenvalue weighted by Crippen LogP contribution is 2.25. The van der Waals surface area contributed by atoms with E-state index in [1.165, 1.54) is 0 Å². The van der Waals surface area contributed by atoms with Crippen molar-refractivity contribution in [1.82, 2.24) is 5.32 Å². The lowest BCUT2D eigenvalue weighted by Crippen LogP contribution is -2.35. The second-order valence-corrected chi connectivity index (χ2v) is 6.09. The van der Waals surface area contributed by atoms with Crippen LogP contribution in [0.3, 0.4) is 0 Å². The van der Waals surface area contributed by atoms with Crippen molar-refractivity contribution >= 4 is 22.0 Å². The summed E-state index contributed by atoms with van der Waals surface area (Å²) in [6, 6.07) is 7.31.